The minimum absolute atomic E-state index is 0.00537. The van der Waals surface area contributed by atoms with Crippen LogP contribution in [-0.2, 0) is 16.4 Å². The van der Waals surface area contributed by atoms with E-state index in [2.05, 4.69) is 4.98 Å². The molecule has 0 fully saturated rings. The summed E-state index contributed by atoms with van der Waals surface area (Å²) in [7, 11) is -1.07. The fourth-order valence-electron chi connectivity index (χ4n) is 1.86. The Balaban J connectivity index is 2.77. The normalized spacial score (nSPS) is 14.1. The molecule has 0 saturated carbocycles. The van der Waals surface area contributed by atoms with Crippen LogP contribution in [0.4, 0.5) is 0 Å². The maximum absolute atomic E-state index is 11.2. The van der Waals surface area contributed by atoms with E-state index < -0.39 is 9.84 Å². The first-order valence-electron chi connectivity index (χ1n) is 5.97. The Morgan fingerprint density at radius 1 is 1.56 bits per heavy atom. The lowest BCUT2D eigenvalue weighted by Gasteiger charge is -2.27. The molecule has 0 saturated heterocycles. The number of nitrogens with zero attached hydrogens (tertiary/aromatic N) is 3. The summed E-state index contributed by atoms with van der Waals surface area (Å²) in [4.78, 5) is 6.08. The third-order valence-electron chi connectivity index (χ3n) is 3.00. The summed E-state index contributed by atoms with van der Waals surface area (Å²) in [5.74, 6) is 0.139. The van der Waals surface area contributed by atoms with Crippen LogP contribution < -0.4 is 5.73 Å². The zero-order chi connectivity index (χ0) is 13.8. The van der Waals surface area contributed by atoms with Crippen LogP contribution >= 0.6 is 0 Å². The Hall–Kier alpha value is -0.920. The van der Waals surface area contributed by atoms with Crippen molar-refractivity contribution in [2.45, 2.75) is 19.5 Å². The summed E-state index contributed by atoms with van der Waals surface area (Å²) < 4.78 is 24.4. The highest BCUT2D eigenvalue weighted by Gasteiger charge is 2.19. The molecule has 1 unspecified atom stereocenters. The third-order valence-corrected chi connectivity index (χ3v) is 3.92. The third kappa shape index (κ3) is 4.08. The highest BCUT2D eigenvalue weighted by atomic mass is 32.2. The summed E-state index contributed by atoms with van der Waals surface area (Å²) >= 11 is 0. The largest absolute Gasteiger partial charge is 0.333 e. The van der Waals surface area contributed by atoms with E-state index >= 15 is 0 Å². The van der Waals surface area contributed by atoms with E-state index in [1.54, 1.807) is 12.5 Å². The van der Waals surface area contributed by atoms with E-state index in [9.17, 15) is 8.42 Å². The Labute approximate surface area is 109 Å². The number of hydrogen-bond acceptors (Lipinski definition) is 5. The number of imidazole rings is 1. The van der Waals surface area contributed by atoms with Crippen LogP contribution in [0.25, 0.3) is 0 Å². The van der Waals surface area contributed by atoms with Crippen molar-refractivity contribution in [1.29, 1.82) is 0 Å². The summed E-state index contributed by atoms with van der Waals surface area (Å²) in [5.41, 5.74) is 6.82. The second-order valence-corrected chi connectivity index (χ2v) is 6.73. The SMILES string of the molecule is CCn1cncc1C(CN)N(C)CCS(C)(=O)=O. The first-order valence-corrected chi connectivity index (χ1v) is 8.03. The molecule has 0 aromatic carbocycles. The zero-order valence-electron chi connectivity index (χ0n) is 11.2. The summed E-state index contributed by atoms with van der Waals surface area (Å²) in [6.45, 7) is 3.77. The number of rotatable bonds is 7. The van der Waals surface area contributed by atoms with Gasteiger partial charge < -0.3 is 10.3 Å². The molecule has 0 aliphatic rings. The second kappa shape index (κ2) is 6.31. The molecule has 0 bridgehead atoms. The molecule has 0 amide bonds. The van der Waals surface area contributed by atoms with E-state index in [1.807, 2.05) is 23.4 Å². The summed E-state index contributed by atoms with van der Waals surface area (Å²) in [5, 5.41) is 0. The minimum Gasteiger partial charge on any atom is -0.333 e. The molecule has 0 aliphatic carbocycles. The van der Waals surface area contributed by atoms with Gasteiger partial charge in [0.05, 0.1) is 23.8 Å². The summed E-state index contributed by atoms with van der Waals surface area (Å²) in [6.07, 6.45) is 4.80. The van der Waals surface area contributed by atoms with Crippen LogP contribution in [0.1, 0.15) is 18.7 Å². The van der Waals surface area contributed by atoms with Gasteiger partial charge in [0.1, 0.15) is 9.84 Å². The number of hydrogen-bond donors (Lipinski definition) is 1. The molecule has 7 heteroatoms. The van der Waals surface area contributed by atoms with E-state index in [-0.39, 0.29) is 11.8 Å². The van der Waals surface area contributed by atoms with Gasteiger partial charge in [-0.05, 0) is 14.0 Å². The van der Waals surface area contributed by atoms with Crippen LogP contribution in [0, 0.1) is 0 Å². The summed E-state index contributed by atoms with van der Waals surface area (Å²) in [6, 6.07) is -0.00537. The van der Waals surface area contributed by atoms with Crippen molar-refractivity contribution in [2.75, 3.05) is 32.1 Å². The molecule has 1 aromatic heterocycles. The molecule has 0 aliphatic heterocycles. The van der Waals surface area contributed by atoms with E-state index in [4.69, 9.17) is 5.73 Å². The van der Waals surface area contributed by atoms with Crippen molar-refractivity contribution in [1.82, 2.24) is 14.5 Å². The quantitative estimate of drug-likeness (QED) is 0.749. The molecule has 18 heavy (non-hydrogen) atoms. The van der Waals surface area contributed by atoms with Crippen molar-refractivity contribution >= 4 is 9.84 Å². The maximum atomic E-state index is 11.2. The Morgan fingerprint density at radius 3 is 2.72 bits per heavy atom. The average molecular weight is 274 g/mol. The minimum atomic E-state index is -2.95. The van der Waals surface area contributed by atoms with Crippen molar-refractivity contribution in [3.05, 3.63) is 18.2 Å². The standard InChI is InChI=1S/C11H22N4O2S/c1-4-15-9-13-8-11(15)10(7-12)14(2)5-6-18(3,16)17/h8-10H,4-7,12H2,1-3H3. The molecule has 0 spiro atoms. The number of nitrogens with two attached hydrogens (primary N) is 1. The van der Waals surface area contributed by atoms with Gasteiger partial charge in [0.25, 0.3) is 0 Å². The van der Waals surface area contributed by atoms with Crippen molar-refractivity contribution < 1.29 is 8.42 Å². The fraction of sp³-hybridized carbons (Fsp3) is 0.727. The predicted molar refractivity (Wildman–Crippen MR) is 72.0 cm³/mol. The van der Waals surface area contributed by atoms with Gasteiger partial charge in [-0.1, -0.05) is 0 Å². The molecule has 104 valence electrons. The van der Waals surface area contributed by atoms with Gasteiger partial charge in [0.2, 0.25) is 0 Å². The Kier molecular flexibility index (Phi) is 5.30. The van der Waals surface area contributed by atoms with Crippen LogP contribution in [-0.4, -0.2) is 55.0 Å². The second-order valence-electron chi connectivity index (χ2n) is 4.47. The van der Waals surface area contributed by atoms with Gasteiger partial charge in [-0.3, -0.25) is 4.90 Å². The lowest BCUT2D eigenvalue weighted by atomic mass is 10.2. The predicted octanol–water partition coefficient (Wildman–Crippen LogP) is -0.121. The lowest BCUT2D eigenvalue weighted by Crippen LogP contribution is -2.35. The van der Waals surface area contributed by atoms with Crippen LogP contribution in [0.5, 0.6) is 0 Å². The number of aromatic nitrogens is 2. The molecule has 2 N–H and O–H groups in total. The fourth-order valence-corrected chi connectivity index (χ4v) is 2.48. The number of likely N-dealkylation sites (N-methyl/N-ethyl adjacent to an activating group) is 1. The van der Waals surface area contributed by atoms with Crippen molar-refractivity contribution in [3.63, 3.8) is 0 Å². The van der Waals surface area contributed by atoms with E-state index in [1.165, 1.54) is 6.26 Å². The molecule has 0 radical (unpaired) electrons. The first kappa shape index (κ1) is 15.1. The van der Waals surface area contributed by atoms with E-state index in [0.717, 1.165) is 12.2 Å². The zero-order valence-corrected chi connectivity index (χ0v) is 12.0. The maximum Gasteiger partial charge on any atom is 0.148 e. The molecular formula is C11H22N4O2S. The molecule has 1 heterocycles. The average Bonchev–Trinajstić information content (AvgIpc) is 2.74. The smallest absolute Gasteiger partial charge is 0.148 e. The van der Waals surface area contributed by atoms with Crippen LogP contribution in [0.2, 0.25) is 0 Å². The molecule has 1 atom stereocenters. The highest BCUT2D eigenvalue weighted by molar-refractivity contribution is 7.90. The molecular weight excluding hydrogens is 252 g/mol. The molecule has 6 nitrogen and oxygen atoms in total. The van der Waals surface area contributed by atoms with Gasteiger partial charge >= 0.3 is 0 Å². The van der Waals surface area contributed by atoms with Gasteiger partial charge in [0.15, 0.2) is 0 Å². The lowest BCUT2D eigenvalue weighted by molar-refractivity contribution is 0.254. The monoisotopic (exact) mass is 274 g/mol. The van der Waals surface area contributed by atoms with Crippen LogP contribution in [0.15, 0.2) is 12.5 Å². The van der Waals surface area contributed by atoms with E-state index in [0.29, 0.717) is 13.1 Å². The van der Waals surface area contributed by atoms with Crippen molar-refractivity contribution in [3.8, 4) is 0 Å². The van der Waals surface area contributed by atoms with Gasteiger partial charge in [0, 0.05) is 32.1 Å². The van der Waals surface area contributed by atoms with Crippen molar-refractivity contribution in [2.24, 2.45) is 5.73 Å². The van der Waals surface area contributed by atoms with Gasteiger partial charge in [-0.15, -0.1) is 0 Å². The number of sulfone groups is 1. The topological polar surface area (TPSA) is 81.2 Å². The highest BCUT2D eigenvalue weighted by Crippen LogP contribution is 2.17. The number of aryl methyl sites for hydroxylation is 1. The molecule has 1 rings (SSSR count). The Bertz CT molecular complexity index is 469. The van der Waals surface area contributed by atoms with Gasteiger partial charge in [-0.2, -0.15) is 0 Å². The Morgan fingerprint density at radius 2 is 2.22 bits per heavy atom. The van der Waals surface area contributed by atoms with Gasteiger partial charge in [-0.25, -0.2) is 13.4 Å². The first-order chi connectivity index (χ1) is 8.39. The van der Waals surface area contributed by atoms with Crippen LogP contribution in [0.3, 0.4) is 0 Å². The molecule has 1 aromatic rings.